The second-order valence-electron chi connectivity index (χ2n) is 5.12. The van der Waals surface area contributed by atoms with Gasteiger partial charge in [0.05, 0.1) is 11.1 Å². The standard InChI is InChI=1S/C14H16N2O/c1-14(2,3)16-13(17)11-8-10-6-4-5-7-12(10)15-9-11/h4-9H,1-3H3,(H,16,17). The maximum absolute atomic E-state index is 12.0. The van der Waals surface area contributed by atoms with Gasteiger partial charge in [-0.05, 0) is 32.9 Å². The van der Waals surface area contributed by atoms with E-state index in [1.807, 2.05) is 51.1 Å². The second kappa shape index (κ2) is 4.17. The molecule has 0 radical (unpaired) electrons. The summed E-state index contributed by atoms with van der Waals surface area (Å²) in [6, 6.07) is 9.63. The molecule has 1 aromatic carbocycles. The van der Waals surface area contributed by atoms with Crippen LogP contribution in [0.1, 0.15) is 31.1 Å². The molecule has 88 valence electrons. The molecule has 2 rings (SSSR count). The quantitative estimate of drug-likeness (QED) is 0.815. The van der Waals surface area contributed by atoms with Gasteiger partial charge in [0.25, 0.3) is 5.91 Å². The van der Waals surface area contributed by atoms with Gasteiger partial charge in [-0.1, -0.05) is 18.2 Å². The predicted molar refractivity (Wildman–Crippen MR) is 69.0 cm³/mol. The molecule has 2 aromatic rings. The topological polar surface area (TPSA) is 42.0 Å². The summed E-state index contributed by atoms with van der Waals surface area (Å²) in [4.78, 5) is 16.2. The molecule has 3 heteroatoms. The highest BCUT2D eigenvalue weighted by Crippen LogP contribution is 2.13. The van der Waals surface area contributed by atoms with Crippen molar-refractivity contribution in [3.05, 3.63) is 42.1 Å². The molecule has 1 N–H and O–H groups in total. The molecule has 1 amide bonds. The van der Waals surface area contributed by atoms with Crippen molar-refractivity contribution < 1.29 is 4.79 Å². The van der Waals surface area contributed by atoms with Gasteiger partial charge in [-0.3, -0.25) is 9.78 Å². The van der Waals surface area contributed by atoms with Crippen LogP contribution in [0.25, 0.3) is 10.9 Å². The average molecular weight is 228 g/mol. The summed E-state index contributed by atoms with van der Waals surface area (Å²) in [6.07, 6.45) is 1.61. The summed E-state index contributed by atoms with van der Waals surface area (Å²) in [5, 5.41) is 3.90. The first kappa shape index (κ1) is 11.6. The highest BCUT2D eigenvalue weighted by Gasteiger charge is 2.15. The van der Waals surface area contributed by atoms with Crippen LogP contribution in [0.15, 0.2) is 36.5 Å². The van der Waals surface area contributed by atoms with Gasteiger partial charge in [0.15, 0.2) is 0 Å². The van der Waals surface area contributed by atoms with Crippen LogP contribution in [-0.2, 0) is 0 Å². The summed E-state index contributed by atoms with van der Waals surface area (Å²) in [5.41, 5.74) is 1.27. The molecule has 0 bridgehead atoms. The van der Waals surface area contributed by atoms with E-state index in [1.165, 1.54) is 0 Å². The molecule has 0 atom stereocenters. The number of carbonyl (C=O) groups excluding carboxylic acids is 1. The average Bonchev–Trinajstić information content (AvgIpc) is 2.26. The fourth-order valence-electron chi connectivity index (χ4n) is 1.61. The molecule has 0 saturated carbocycles. The van der Waals surface area contributed by atoms with Crippen molar-refractivity contribution in [1.29, 1.82) is 0 Å². The van der Waals surface area contributed by atoms with E-state index >= 15 is 0 Å². The van der Waals surface area contributed by atoms with Crippen LogP contribution in [0, 0.1) is 0 Å². The Morgan fingerprint density at radius 1 is 1.24 bits per heavy atom. The lowest BCUT2D eigenvalue weighted by molar-refractivity contribution is 0.0919. The van der Waals surface area contributed by atoms with Gasteiger partial charge >= 0.3 is 0 Å². The van der Waals surface area contributed by atoms with Crippen LogP contribution < -0.4 is 5.32 Å². The Labute approximate surface area is 101 Å². The molecule has 1 aromatic heterocycles. The Hall–Kier alpha value is -1.90. The SMILES string of the molecule is CC(C)(C)NC(=O)c1cnc2ccccc2c1. The summed E-state index contributed by atoms with van der Waals surface area (Å²) in [6.45, 7) is 5.87. The first-order valence-corrected chi connectivity index (χ1v) is 5.63. The third-order valence-electron chi connectivity index (χ3n) is 2.34. The van der Waals surface area contributed by atoms with Crippen molar-refractivity contribution in [3.63, 3.8) is 0 Å². The molecule has 0 unspecified atom stereocenters. The van der Waals surface area contributed by atoms with Gasteiger partial charge in [0.1, 0.15) is 0 Å². The molecule has 1 heterocycles. The van der Waals surface area contributed by atoms with Crippen molar-refractivity contribution in [2.75, 3.05) is 0 Å². The van der Waals surface area contributed by atoms with Crippen LogP contribution >= 0.6 is 0 Å². The first-order chi connectivity index (χ1) is 7.96. The van der Waals surface area contributed by atoms with Gasteiger partial charge < -0.3 is 5.32 Å². The lowest BCUT2D eigenvalue weighted by Crippen LogP contribution is -2.40. The van der Waals surface area contributed by atoms with E-state index in [0.29, 0.717) is 5.56 Å². The molecule has 0 aliphatic rings. The predicted octanol–water partition coefficient (Wildman–Crippen LogP) is 2.76. The van der Waals surface area contributed by atoms with Crippen molar-refractivity contribution in [2.24, 2.45) is 0 Å². The number of rotatable bonds is 1. The number of aromatic nitrogens is 1. The van der Waals surface area contributed by atoms with Gasteiger partial charge in [-0.15, -0.1) is 0 Å². The van der Waals surface area contributed by atoms with Gasteiger partial charge in [-0.2, -0.15) is 0 Å². The minimum absolute atomic E-state index is 0.0873. The van der Waals surface area contributed by atoms with Crippen molar-refractivity contribution >= 4 is 16.8 Å². The highest BCUT2D eigenvalue weighted by molar-refractivity contribution is 5.97. The number of fused-ring (bicyclic) bond motifs is 1. The Morgan fingerprint density at radius 2 is 1.94 bits per heavy atom. The van der Waals surface area contributed by atoms with E-state index in [2.05, 4.69) is 10.3 Å². The van der Waals surface area contributed by atoms with Crippen LogP contribution in [-0.4, -0.2) is 16.4 Å². The zero-order valence-corrected chi connectivity index (χ0v) is 10.3. The highest BCUT2D eigenvalue weighted by atomic mass is 16.1. The number of hydrogen-bond acceptors (Lipinski definition) is 2. The first-order valence-electron chi connectivity index (χ1n) is 5.63. The summed E-state index contributed by atoms with van der Waals surface area (Å²) < 4.78 is 0. The lowest BCUT2D eigenvalue weighted by atomic mass is 10.1. The molecule has 0 saturated heterocycles. The number of carbonyl (C=O) groups is 1. The van der Waals surface area contributed by atoms with E-state index < -0.39 is 0 Å². The Morgan fingerprint density at radius 3 is 2.65 bits per heavy atom. The minimum atomic E-state index is -0.233. The molecule has 0 aliphatic heterocycles. The summed E-state index contributed by atoms with van der Waals surface area (Å²) in [5.74, 6) is -0.0873. The Balaban J connectivity index is 2.33. The normalized spacial score (nSPS) is 11.5. The van der Waals surface area contributed by atoms with E-state index in [1.54, 1.807) is 6.20 Å². The van der Waals surface area contributed by atoms with Gasteiger partial charge in [0.2, 0.25) is 0 Å². The monoisotopic (exact) mass is 228 g/mol. The molecule has 0 spiro atoms. The largest absolute Gasteiger partial charge is 0.347 e. The Bertz CT molecular complexity index is 555. The zero-order chi connectivity index (χ0) is 12.5. The number of nitrogens with zero attached hydrogens (tertiary/aromatic N) is 1. The third kappa shape index (κ3) is 2.81. The number of para-hydroxylation sites is 1. The van der Waals surface area contributed by atoms with Crippen LogP contribution in [0.3, 0.4) is 0 Å². The number of pyridine rings is 1. The number of amides is 1. The fourth-order valence-corrected chi connectivity index (χ4v) is 1.61. The Kier molecular flexibility index (Phi) is 2.84. The zero-order valence-electron chi connectivity index (χ0n) is 10.3. The van der Waals surface area contributed by atoms with E-state index in [0.717, 1.165) is 10.9 Å². The van der Waals surface area contributed by atoms with Gasteiger partial charge in [-0.25, -0.2) is 0 Å². The molecule has 0 aliphatic carbocycles. The van der Waals surface area contributed by atoms with Crippen LogP contribution in [0.5, 0.6) is 0 Å². The molecule has 0 fully saturated rings. The van der Waals surface area contributed by atoms with Crippen LogP contribution in [0.2, 0.25) is 0 Å². The van der Waals surface area contributed by atoms with Crippen molar-refractivity contribution in [1.82, 2.24) is 10.3 Å². The fraction of sp³-hybridized carbons (Fsp3) is 0.286. The lowest BCUT2D eigenvalue weighted by Gasteiger charge is -2.20. The minimum Gasteiger partial charge on any atom is -0.347 e. The molecular formula is C14H16N2O. The van der Waals surface area contributed by atoms with Gasteiger partial charge in [0, 0.05) is 17.1 Å². The van der Waals surface area contributed by atoms with Crippen molar-refractivity contribution in [3.8, 4) is 0 Å². The van der Waals surface area contributed by atoms with E-state index in [9.17, 15) is 4.79 Å². The van der Waals surface area contributed by atoms with E-state index in [-0.39, 0.29) is 11.4 Å². The third-order valence-corrected chi connectivity index (χ3v) is 2.34. The molecule has 17 heavy (non-hydrogen) atoms. The van der Waals surface area contributed by atoms with E-state index in [4.69, 9.17) is 0 Å². The van der Waals surface area contributed by atoms with Crippen molar-refractivity contribution in [2.45, 2.75) is 26.3 Å². The smallest absolute Gasteiger partial charge is 0.253 e. The molecule has 3 nitrogen and oxygen atoms in total. The second-order valence-corrected chi connectivity index (χ2v) is 5.12. The number of hydrogen-bond donors (Lipinski definition) is 1. The maximum Gasteiger partial charge on any atom is 0.253 e. The number of nitrogens with one attached hydrogen (secondary N) is 1. The summed E-state index contributed by atoms with van der Waals surface area (Å²) >= 11 is 0. The number of benzene rings is 1. The maximum atomic E-state index is 12.0. The summed E-state index contributed by atoms with van der Waals surface area (Å²) in [7, 11) is 0. The van der Waals surface area contributed by atoms with Crippen LogP contribution in [0.4, 0.5) is 0 Å². The molecular weight excluding hydrogens is 212 g/mol.